The number of hydrogen-bond donors (Lipinski definition) is 1. The first-order valence-electron chi connectivity index (χ1n) is 16.2. The molecular formula is C37H59O6PS2. The number of hydrogen-bond acceptors (Lipinski definition) is 8. The summed E-state index contributed by atoms with van der Waals surface area (Å²) in [7, 11) is -3.62. The van der Waals surface area contributed by atoms with Crippen LogP contribution in [0.1, 0.15) is 133 Å². The second-order valence-electron chi connectivity index (χ2n) is 16.4. The summed E-state index contributed by atoms with van der Waals surface area (Å²) < 4.78 is 29.7. The van der Waals surface area contributed by atoms with Crippen LogP contribution in [0.25, 0.3) is 0 Å². The third-order valence-electron chi connectivity index (χ3n) is 7.30. The summed E-state index contributed by atoms with van der Waals surface area (Å²) in [5.74, 6) is 0.236. The largest absolute Gasteiger partial charge is 0.507 e. The quantitative estimate of drug-likeness (QED) is 0.0818. The molecule has 2 aromatic rings. The van der Waals surface area contributed by atoms with Crippen molar-refractivity contribution < 1.29 is 28.3 Å². The van der Waals surface area contributed by atoms with Gasteiger partial charge in [0.25, 0.3) is 0 Å². The van der Waals surface area contributed by atoms with Crippen LogP contribution in [0.5, 0.6) is 11.5 Å². The number of thioether (sulfide) groups is 2. The molecule has 0 aliphatic heterocycles. The molecule has 0 saturated heterocycles. The van der Waals surface area contributed by atoms with Crippen LogP contribution in [-0.4, -0.2) is 34.5 Å². The van der Waals surface area contributed by atoms with Crippen LogP contribution in [0.15, 0.2) is 34.1 Å². The fourth-order valence-electron chi connectivity index (χ4n) is 5.11. The molecule has 0 heterocycles. The van der Waals surface area contributed by atoms with Crippen molar-refractivity contribution in [3.05, 3.63) is 46.5 Å². The number of phenolic OH excluding ortho intramolecular Hbond substituents is 1. The van der Waals surface area contributed by atoms with Gasteiger partial charge in [-0.1, -0.05) is 83.1 Å². The zero-order chi connectivity index (χ0) is 35.7. The number of benzene rings is 2. The molecule has 0 spiro atoms. The lowest BCUT2D eigenvalue weighted by Gasteiger charge is -2.32. The number of esters is 1. The van der Waals surface area contributed by atoms with E-state index in [0.29, 0.717) is 11.5 Å². The predicted octanol–water partition coefficient (Wildman–Crippen LogP) is 11.4. The highest BCUT2D eigenvalue weighted by molar-refractivity contribution is 8.18. The van der Waals surface area contributed by atoms with Crippen molar-refractivity contribution in [2.45, 2.75) is 146 Å². The van der Waals surface area contributed by atoms with E-state index in [-0.39, 0.29) is 39.0 Å². The summed E-state index contributed by atoms with van der Waals surface area (Å²) in [5.41, 5.74) is 2.54. The molecule has 2 aromatic carbocycles. The topological polar surface area (TPSA) is 82.1 Å². The number of carbonyl (C=O) groups excluding carboxylic acids is 1. The summed E-state index contributed by atoms with van der Waals surface area (Å²) >= 11 is 3.53. The van der Waals surface area contributed by atoms with Gasteiger partial charge in [0.05, 0.1) is 17.3 Å². The first-order valence-corrected chi connectivity index (χ1v) is 19.5. The van der Waals surface area contributed by atoms with Gasteiger partial charge in [0.1, 0.15) is 17.7 Å². The van der Waals surface area contributed by atoms with Crippen LogP contribution in [0, 0.1) is 0 Å². The van der Waals surface area contributed by atoms with Crippen molar-refractivity contribution in [3.8, 4) is 11.5 Å². The summed E-state index contributed by atoms with van der Waals surface area (Å²) in [6.45, 7) is 33.6. The van der Waals surface area contributed by atoms with Crippen molar-refractivity contribution >= 4 is 37.1 Å². The SMILES string of the molecule is CCOP(=O)(CC(=O)Oc1c(C(C)(C)C)cc(SC(C)(C)Sc2cc(C(C)(C)C)c(O)c(C(C)(C)C)c2)cc1C(C)(C)C)OCC. The first kappa shape index (κ1) is 40.7. The Kier molecular flexibility index (Phi) is 12.9. The lowest BCUT2D eigenvalue weighted by molar-refractivity contribution is -0.132. The van der Waals surface area contributed by atoms with Gasteiger partial charge in [-0.3, -0.25) is 9.36 Å². The van der Waals surface area contributed by atoms with Gasteiger partial charge in [-0.15, -0.1) is 23.5 Å². The van der Waals surface area contributed by atoms with E-state index in [0.717, 1.165) is 32.0 Å². The minimum Gasteiger partial charge on any atom is -0.507 e. The Hall–Kier alpha value is -1.44. The molecule has 0 aliphatic carbocycles. The van der Waals surface area contributed by atoms with E-state index in [1.807, 2.05) is 0 Å². The molecular weight excluding hydrogens is 636 g/mol. The van der Waals surface area contributed by atoms with Gasteiger partial charge in [-0.05, 0) is 73.6 Å². The van der Waals surface area contributed by atoms with E-state index >= 15 is 0 Å². The highest BCUT2D eigenvalue weighted by atomic mass is 32.2. The summed E-state index contributed by atoms with van der Waals surface area (Å²) in [6, 6.07) is 8.50. The molecule has 2 rings (SSSR count). The molecule has 0 bridgehead atoms. The van der Waals surface area contributed by atoms with Crippen LogP contribution in [-0.2, 0) is 40.1 Å². The molecule has 0 atom stereocenters. The Balaban J connectivity index is 2.62. The molecule has 0 radical (unpaired) electrons. The van der Waals surface area contributed by atoms with Crippen LogP contribution < -0.4 is 4.74 Å². The molecule has 46 heavy (non-hydrogen) atoms. The zero-order valence-corrected chi connectivity index (χ0v) is 33.7. The zero-order valence-electron chi connectivity index (χ0n) is 31.2. The molecule has 0 amide bonds. The highest BCUT2D eigenvalue weighted by Crippen LogP contribution is 2.52. The third kappa shape index (κ3) is 11.1. The van der Waals surface area contributed by atoms with Crippen molar-refractivity contribution in [1.82, 2.24) is 0 Å². The number of rotatable bonds is 11. The lowest BCUT2D eigenvalue weighted by Crippen LogP contribution is -2.24. The second-order valence-corrected chi connectivity index (χ2v) is 22.1. The maximum atomic E-state index is 13.3. The average molecular weight is 695 g/mol. The summed E-state index contributed by atoms with van der Waals surface area (Å²) in [4.78, 5) is 15.5. The molecule has 1 N–H and O–H groups in total. The van der Waals surface area contributed by atoms with E-state index in [1.165, 1.54) is 0 Å². The first-order chi connectivity index (χ1) is 20.6. The Morgan fingerprint density at radius 1 is 0.652 bits per heavy atom. The van der Waals surface area contributed by atoms with Gasteiger partial charge in [0.15, 0.2) is 0 Å². The number of ether oxygens (including phenoxy) is 1. The predicted molar refractivity (Wildman–Crippen MR) is 197 cm³/mol. The molecule has 0 aromatic heterocycles. The maximum Gasteiger partial charge on any atom is 0.341 e. The van der Waals surface area contributed by atoms with Gasteiger partial charge in [-0.2, -0.15) is 0 Å². The highest BCUT2D eigenvalue weighted by Gasteiger charge is 2.35. The minimum atomic E-state index is -3.62. The van der Waals surface area contributed by atoms with E-state index < -0.39 is 19.7 Å². The fourth-order valence-corrected chi connectivity index (χ4v) is 9.12. The van der Waals surface area contributed by atoms with Crippen molar-refractivity contribution in [1.29, 1.82) is 0 Å². The molecule has 260 valence electrons. The lowest BCUT2D eigenvalue weighted by atomic mass is 9.79. The Labute approximate surface area is 288 Å². The Morgan fingerprint density at radius 2 is 0.978 bits per heavy atom. The maximum absolute atomic E-state index is 13.3. The fraction of sp³-hybridized carbons (Fsp3) is 0.649. The van der Waals surface area contributed by atoms with Crippen molar-refractivity contribution in [3.63, 3.8) is 0 Å². The monoisotopic (exact) mass is 694 g/mol. The normalized spacial score (nSPS) is 13.7. The minimum absolute atomic E-state index is 0.171. The van der Waals surface area contributed by atoms with Gasteiger partial charge >= 0.3 is 13.6 Å². The number of carbonyl (C=O) groups is 1. The molecule has 6 nitrogen and oxygen atoms in total. The van der Waals surface area contributed by atoms with Crippen LogP contribution in [0.4, 0.5) is 0 Å². The molecule has 9 heteroatoms. The number of phenols is 1. The number of aromatic hydroxyl groups is 1. The molecule has 0 aliphatic rings. The van der Waals surface area contributed by atoms with E-state index in [2.05, 4.69) is 121 Å². The Morgan fingerprint density at radius 3 is 1.28 bits per heavy atom. The van der Waals surface area contributed by atoms with Gasteiger partial charge in [-0.25, -0.2) is 0 Å². The van der Waals surface area contributed by atoms with Crippen LogP contribution >= 0.6 is 31.1 Å². The molecule has 0 unspecified atom stereocenters. The Bertz CT molecular complexity index is 1360. The molecule has 0 saturated carbocycles. The average Bonchev–Trinajstić information content (AvgIpc) is 2.82. The van der Waals surface area contributed by atoms with Crippen LogP contribution in [0.2, 0.25) is 0 Å². The van der Waals surface area contributed by atoms with Gasteiger partial charge in [0, 0.05) is 32.0 Å². The van der Waals surface area contributed by atoms with Gasteiger partial charge < -0.3 is 18.9 Å². The third-order valence-corrected chi connectivity index (χ3v) is 11.7. The standard InChI is InChI=1S/C37H59O6PS2/c1-17-41-44(40,42-18-2)23-30(38)43-32-28(35(9,10)11)21-25(22-29(32)36(12,13)14)46-37(15,16)45-24-19-26(33(3,4)5)31(39)27(20-24)34(6,7)8/h19-22,39H,17-18,23H2,1-16H3. The van der Waals surface area contributed by atoms with Crippen molar-refractivity contribution in [2.75, 3.05) is 19.4 Å². The molecule has 0 fully saturated rings. The van der Waals surface area contributed by atoms with E-state index in [4.69, 9.17) is 13.8 Å². The smallest absolute Gasteiger partial charge is 0.341 e. The van der Waals surface area contributed by atoms with Crippen molar-refractivity contribution in [2.24, 2.45) is 0 Å². The summed E-state index contributed by atoms with van der Waals surface area (Å²) in [6.07, 6.45) is -0.457. The van der Waals surface area contributed by atoms with Gasteiger partial charge in [0.2, 0.25) is 0 Å². The second kappa shape index (κ2) is 14.6. The van der Waals surface area contributed by atoms with E-state index in [1.54, 1.807) is 37.4 Å². The van der Waals surface area contributed by atoms with E-state index in [9.17, 15) is 14.5 Å². The van der Waals surface area contributed by atoms with Crippen LogP contribution in [0.3, 0.4) is 0 Å². The summed E-state index contributed by atoms with van der Waals surface area (Å²) in [5, 5.41) is 11.3.